The number of hydrogen-bond donors (Lipinski definition) is 0. The van der Waals surface area contributed by atoms with Crippen molar-refractivity contribution in [3.8, 4) is 0 Å². The monoisotopic (exact) mass is 404 g/mol. The number of piperidine rings is 1. The minimum absolute atomic E-state index is 0.00400. The van der Waals surface area contributed by atoms with Crippen molar-refractivity contribution in [3.63, 3.8) is 0 Å². The van der Waals surface area contributed by atoms with Crippen LogP contribution in [0.1, 0.15) is 40.2 Å². The number of sulfonamides is 1. The highest BCUT2D eigenvalue weighted by Gasteiger charge is 2.29. The maximum atomic E-state index is 12.9. The molecule has 0 radical (unpaired) electrons. The largest absolute Gasteiger partial charge is 0.339 e. The molecule has 28 heavy (non-hydrogen) atoms. The van der Waals surface area contributed by atoms with Crippen molar-refractivity contribution in [3.05, 3.63) is 52.8 Å². The van der Waals surface area contributed by atoms with Crippen LogP contribution in [0.25, 0.3) is 0 Å². The lowest BCUT2D eigenvalue weighted by Gasteiger charge is -2.35. The van der Waals surface area contributed by atoms with E-state index in [0.29, 0.717) is 38.0 Å². The van der Waals surface area contributed by atoms with E-state index < -0.39 is 10.0 Å². The van der Waals surface area contributed by atoms with Gasteiger partial charge in [-0.15, -0.1) is 0 Å². The summed E-state index contributed by atoms with van der Waals surface area (Å²) >= 11 is 0. The number of carbonyl (C=O) groups is 1. The molecule has 0 aliphatic carbocycles. The number of rotatable bonds is 5. The Morgan fingerprint density at radius 1 is 1.21 bits per heavy atom. The number of benzene rings is 1. The molecule has 7 nitrogen and oxygen atoms in total. The molecule has 2 aromatic rings. The Kier molecular flexibility index (Phi) is 5.90. The molecule has 8 heteroatoms. The highest BCUT2D eigenvalue weighted by Crippen LogP contribution is 2.20. The van der Waals surface area contributed by atoms with Crippen LogP contribution in [0.15, 0.2) is 30.3 Å². The van der Waals surface area contributed by atoms with Gasteiger partial charge in [0.1, 0.15) is 0 Å². The minimum atomic E-state index is -3.21. The molecule has 1 aliphatic heterocycles. The minimum Gasteiger partial charge on any atom is -0.339 e. The molecule has 1 aromatic carbocycles. The standard InChI is InChI=1S/C20H28N4O3S/c1-15-12-16(2)24(21-15)14-17-6-5-7-18(13-17)20(25)23-10-8-19(9-11-23)22(3)28(4,26)27/h5-7,12-13,19H,8-11,14H2,1-4H3. The average Bonchev–Trinajstić information content (AvgIpc) is 2.97. The van der Waals surface area contributed by atoms with Crippen LogP contribution in [-0.2, 0) is 16.6 Å². The Hall–Kier alpha value is -2.19. The van der Waals surface area contributed by atoms with E-state index in [1.807, 2.05) is 53.8 Å². The Morgan fingerprint density at radius 3 is 2.46 bits per heavy atom. The molecular formula is C20H28N4O3S. The topological polar surface area (TPSA) is 75.5 Å². The number of nitrogens with zero attached hydrogens (tertiary/aromatic N) is 4. The summed E-state index contributed by atoms with van der Waals surface area (Å²) in [6.07, 6.45) is 2.53. The summed E-state index contributed by atoms with van der Waals surface area (Å²) in [4.78, 5) is 14.7. The van der Waals surface area contributed by atoms with Gasteiger partial charge in [0.15, 0.2) is 0 Å². The van der Waals surface area contributed by atoms with Crippen LogP contribution in [-0.4, -0.2) is 65.7 Å². The summed E-state index contributed by atoms with van der Waals surface area (Å²) in [5.41, 5.74) is 3.76. The van der Waals surface area contributed by atoms with E-state index in [1.165, 1.54) is 10.6 Å². The Morgan fingerprint density at radius 2 is 1.89 bits per heavy atom. The van der Waals surface area contributed by atoms with Crippen LogP contribution in [0.4, 0.5) is 0 Å². The zero-order valence-electron chi connectivity index (χ0n) is 16.9. The van der Waals surface area contributed by atoms with Gasteiger partial charge in [-0.05, 0) is 50.5 Å². The van der Waals surface area contributed by atoms with Crippen LogP contribution in [0.5, 0.6) is 0 Å². The smallest absolute Gasteiger partial charge is 0.253 e. The maximum Gasteiger partial charge on any atom is 0.253 e. The highest BCUT2D eigenvalue weighted by atomic mass is 32.2. The van der Waals surface area contributed by atoms with Gasteiger partial charge in [0.05, 0.1) is 18.5 Å². The average molecular weight is 405 g/mol. The van der Waals surface area contributed by atoms with Gasteiger partial charge in [0.2, 0.25) is 10.0 Å². The third-order valence-corrected chi connectivity index (χ3v) is 6.74. The highest BCUT2D eigenvalue weighted by molar-refractivity contribution is 7.88. The van der Waals surface area contributed by atoms with Crippen LogP contribution in [0, 0.1) is 13.8 Å². The van der Waals surface area contributed by atoms with Gasteiger partial charge < -0.3 is 4.90 Å². The fourth-order valence-corrected chi connectivity index (χ4v) is 4.45. The summed E-state index contributed by atoms with van der Waals surface area (Å²) in [6.45, 7) is 5.74. The lowest BCUT2D eigenvalue weighted by atomic mass is 10.0. The molecule has 2 heterocycles. The normalized spacial score (nSPS) is 16.0. The molecule has 0 bridgehead atoms. The molecule has 3 rings (SSSR count). The van der Waals surface area contributed by atoms with E-state index in [0.717, 1.165) is 17.0 Å². The number of hydrogen-bond acceptors (Lipinski definition) is 4. The first-order valence-corrected chi connectivity index (χ1v) is 11.3. The van der Waals surface area contributed by atoms with E-state index >= 15 is 0 Å². The number of aryl methyl sites for hydroxylation is 2. The fourth-order valence-electron chi connectivity index (χ4n) is 3.70. The second-order valence-electron chi connectivity index (χ2n) is 7.59. The van der Waals surface area contributed by atoms with Crippen LogP contribution in [0.3, 0.4) is 0 Å². The summed E-state index contributed by atoms with van der Waals surface area (Å²) < 4.78 is 26.8. The molecule has 152 valence electrons. The molecule has 1 amide bonds. The lowest BCUT2D eigenvalue weighted by Crippen LogP contribution is -2.47. The number of amides is 1. The van der Waals surface area contributed by atoms with Gasteiger partial charge in [-0.3, -0.25) is 9.48 Å². The van der Waals surface area contributed by atoms with E-state index in [4.69, 9.17) is 0 Å². The van der Waals surface area contributed by atoms with E-state index in [9.17, 15) is 13.2 Å². The first-order chi connectivity index (χ1) is 13.1. The first-order valence-electron chi connectivity index (χ1n) is 9.47. The molecule has 0 N–H and O–H groups in total. The van der Waals surface area contributed by atoms with Crippen molar-refractivity contribution in [1.29, 1.82) is 0 Å². The summed E-state index contributed by atoms with van der Waals surface area (Å²) in [5.74, 6) is -0.00400. The Labute approximate surface area is 167 Å². The summed E-state index contributed by atoms with van der Waals surface area (Å²) in [7, 11) is -1.60. The third-order valence-electron chi connectivity index (χ3n) is 5.40. The second-order valence-corrected chi connectivity index (χ2v) is 9.63. The molecular weight excluding hydrogens is 376 g/mol. The predicted octanol–water partition coefficient (Wildman–Crippen LogP) is 2.04. The van der Waals surface area contributed by atoms with Crippen molar-refractivity contribution in [1.82, 2.24) is 19.0 Å². The lowest BCUT2D eigenvalue weighted by molar-refractivity contribution is 0.0686. The Bertz CT molecular complexity index is 960. The van der Waals surface area contributed by atoms with Crippen molar-refractivity contribution in [2.45, 2.75) is 39.3 Å². The molecule has 0 atom stereocenters. The van der Waals surface area contributed by atoms with E-state index in [1.54, 1.807) is 7.05 Å². The van der Waals surface area contributed by atoms with Crippen molar-refractivity contribution >= 4 is 15.9 Å². The van der Waals surface area contributed by atoms with Gasteiger partial charge in [-0.25, -0.2) is 12.7 Å². The quantitative estimate of drug-likeness (QED) is 0.764. The number of aromatic nitrogens is 2. The zero-order valence-corrected chi connectivity index (χ0v) is 17.7. The molecule has 1 saturated heterocycles. The number of carbonyl (C=O) groups excluding carboxylic acids is 1. The molecule has 1 aliphatic rings. The van der Waals surface area contributed by atoms with Crippen LogP contribution >= 0.6 is 0 Å². The number of likely N-dealkylation sites (tertiary alicyclic amines) is 1. The molecule has 0 spiro atoms. The third kappa shape index (κ3) is 4.62. The van der Waals surface area contributed by atoms with Gasteiger partial charge >= 0.3 is 0 Å². The molecule has 1 aromatic heterocycles. The molecule has 0 unspecified atom stereocenters. The summed E-state index contributed by atoms with van der Waals surface area (Å²) in [6, 6.07) is 9.65. The van der Waals surface area contributed by atoms with Gasteiger partial charge in [0.25, 0.3) is 5.91 Å². The van der Waals surface area contributed by atoms with Crippen LogP contribution < -0.4 is 0 Å². The van der Waals surface area contributed by atoms with Crippen LogP contribution in [0.2, 0.25) is 0 Å². The van der Waals surface area contributed by atoms with Gasteiger partial charge in [0, 0.05) is 37.4 Å². The Balaban J connectivity index is 1.66. The van der Waals surface area contributed by atoms with Crippen molar-refractivity contribution in [2.75, 3.05) is 26.4 Å². The van der Waals surface area contributed by atoms with Gasteiger partial charge in [-0.2, -0.15) is 5.10 Å². The second kappa shape index (κ2) is 8.05. The fraction of sp³-hybridized carbons (Fsp3) is 0.500. The molecule has 1 fully saturated rings. The van der Waals surface area contributed by atoms with E-state index in [2.05, 4.69) is 5.10 Å². The molecule has 0 saturated carbocycles. The van der Waals surface area contributed by atoms with Crippen molar-refractivity contribution < 1.29 is 13.2 Å². The summed E-state index contributed by atoms with van der Waals surface area (Å²) in [5, 5.41) is 4.48. The first kappa shape index (κ1) is 20.5. The maximum absolute atomic E-state index is 12.9. The SMILES string of the molecule is Cc1cc(C)n(Cc2cccc(C(=O)N3CCC(N(C)S(C)(=O)=O)CC3)c2)n1. The van der Waals surface area contributed by atoms with Crippen molar-refractivity contribution in [2.24, 2.45) is 0 Å². The predicted molar refractivity (Wildman–Crippen MR) is 109 cm³/mol. The zero-order chi connectivity index (χ0) is 20.5. The van der Waals surface area contributed by atoms with Gasteiger partial charge in [-0.1, -0.05) is 12.1 Å². The van der Waals surface area contributed by atoms with E-state index in [-0.39, 0.29) is 11.9 Å².